The van der Waals surface area contributed by atoms with Gasteiger partial charge in [-0.1, -0.05) is 56.5 Å². The highest BCUT2D eigenvalue weighted by Crippen LogP contribution is 2.26. The van der Waals surface area contributed by atoms with E-state index in [0.717, 1.165) is 19.1 Å². The van der Waals surface area contributed by atoms with Gasteiger partial charge in [-0.25, -0.2) is 0 Å². The van der Waals surface area contributed by atoms with Gasteiger partial charge in [-0.15, -0.1) is 0 Å². The summed E-state index contributed by atoms with van der Waals surface area (Å²) in [6.45, 7) is 6.48. The first-order chi connectivity index (χ1) is 9.13. The van der Waals surface area contributed by atoms with Gasteiger partial charge in [-0.05, 0) is 31.9 Å². The third-order valence-corrected chi connectivity index (χ3v) is 4.46. The normalized spacial score (nSPS) is 20.4. The average Bonchev–Trinajstić information content (AvgIpc) is 2.47. The first-order valence-corrected chi connectivity index (χ1v) is 7.72. The smallest absolute Gasteiger partial charge is 0.0510 e. The van der Waals surface area contributed by atoms with Gasteiger partial charge in [0.2, 0.25) is 0 Å². The molecule has 0 aliphatic heterocycles. The zero-order chi connectivity index (χ0) is 13.7. The Labute approximate surface area is 118 Å². The summed E-state index contributed by atoms with van der Waals surface area (Å²) < 4.78 is 0. The van der Waals surface area contributed by atoms with Crippen LogP contribution in [0.1, 0.15) is 51.5 Å². The number of benzene rings is 1. The summed E-state index contributed by atoms with van der Waals surface area (Å²) in [7, 11) is 0. The van der Waals surface area contributed by atoms with Gasteiger partial charge in [-0.3, -0.25) is 4.90 Å². The van der Waals surface area contributed by atoms with E-state index in [9.17, 15) is 0 Å². The molecular weight excluding hydrogens is 232 g/mol. The molecule has 0 amide bonds. The van der Waals surface area contributed by atoms with Gasteiger partial charge in [0.25, 0.3) is 0 Å². The van der Waals surface area contributed by atoms with Crippen molar-refractivity contribution in [1.29, 1.82) is 0 Å². The second-order valence-electron chi connectivity index (χ2n) is 6.14. The van der Waals surface area contributed by atoms with Crippen molar-refractivity contribution in [3.8, 4) is 0 Å². The van der Waals surface area contributed by atoms with E-state index in [-0.39, 0.29) is 5.54 Å². The van der Waals surface area contributed by atoms with E-state index in [1.54, 1.807) is 0 Å². The van der Waals surface area contributed by atoms with Gasteiger partial charge in [0, 0.05) is 12.6 Å². The first-order valence-electron chi connectivity index (χ1n) is 7.72. The van der Waals surface area contributed by atoms with E-state index >= 15 is 0 Å². The molecule has 1 fully saturated rings. The number of rotatable bonds is 5. The van der Waals surface area contributed by atoms with E-state index in [4.69, 9.17) is 5.73 Å². The molecule has 0 saturated heterocycles. The molecule has 2 N–H and O–H groups in total. The predicted octanol–water partition coefficient (Wildman–Crippen LogP) is 3.52. The monoisotopic (exact) mass is 260 g/mol. The third-order valence-electron chi connectivity index (χ3n) is 4.46. The largest absolute Gasteiger partial charge is 0.321 e. The third kappa shape index (κ3) is 3.80. The molecule has 1 saturated carbocycles. The predicted molar refractivity (Wildman–Crippen MR) is 82.1 cm³/mol. The number of likely N-dealkylation sites (N-methyl/N-ethyl adjacent to an activating group) is 1. The minimum Gasteiger partial charge on any atom is -0.321 e. The van der Waals surface area contributed by atoms with Crippen molar-refractivity contribution in [1.82, 2.24) is 4.90 Å². The maximum atomic E-state index is 6.58. The SMILES string of the molecule is CCN(CC(C)(N)c1ccccc1)C1CCCCC1. The van der Waals surface area contributed by atoms with E-state index in [2.05, 4.69) is 49.1 Å². The maximum absolute atomic E-state index is 6.58. The minimum atomic E-state index is -0.255. The molecule has 0 heterocycles. The fourth-order valence-corrected chi connectivity index (χ4v) is 3.28. The van der Waals surface area contributed by atoms with Crippen LogP contribution < -0.4 is 5.73 Å². The molecule has 0 bridgehead atoms. The molecule has 0 radical (unpaired) electrons. The lowest BCUT2D eigenvalue weighted by Crippen LogP contribution is -2.49. The second kappa shape index (κ2) is 6.53. The minimum absolute atomic E-state index is 0.255. The van der Waals surface area contributed by atoms with Gasteiger partial charge in [0.15, 0.2) is 0 Å². The summed E-state index contributed by atoms with van der Waals surface area (Å²) in [6.07, 6.45) is 6.87. The van der Waals surface area contributed by atoms with Gasteiger partial charge in [-0.2, -0.15) is 0 Å². The molecule has 19 heavy (non-hydrogen) atoms. The molecule has 2 nitrogen and oxygen atoms in total. The summed E-state index contributed by atoms with van der Waals surface area (Å²) in [5.74, 6) is 0. The lowest BCUT2D eigenvalue weighted by Gasteiger charge is -2.39. The van der Waals surface area contributed by atoms with Crippen LogP contribution in [0.3, 0.4) is 0 Å². The lowest BCUT2D eigenvalue weighted by atomic mass is 9.89. The Morgan fingerprint density at radius 3 is 2.37 bits per heavy atom. The van der Waals surface area contributed by atoms with Crippen molar-refractivity contribution in [2.75, 3.05) is 13.1 Å². The van der Waals surface area contributed by atoms with Crippen molar-refractivity contribution in [3.05, 3.63) is 35.9 Å². The second-order valence-corrected chi connectivity index (χ2v) is 6.14. The van der Waals surface area contributed by atoms with E-state index < -0.39 is 0 Å². The fraction of sp³-hybridized carbons (Fsp3) is 0.647. The summed E-state index contributed by atoms with van der Waals surface area (Å²) in [5.41, 5.74) is 7.56. The molecule has 1 aromatic rings. The molecule has 2 rings (SSSR count). The van der Waals surface area contributed by atoms with E-state index in [0.29, 0.717) is 0 Å². The Morgan fingerprint density at radius 1 is 1.16 bits per heavy atom. The Morgan fingerprint density at radius 2 is 1.79 bits per heavy atom. The van der Waals surface area contributed by atoms with Crippen molar-refractivity contribution in [3.63, 3.8) is 0 Å². The van der Waals surface area contributed by atoms with Crippen LogP contribution in [0.2, 0.25) is 0 Å². The Kier molecular flexibility index (Phi) is 5.00. The van der Waals surface area contributed by atoms with Gasteiger partial charge in [0.05, 0.1) is 5.54 Å². The van der Waals surface area contributed by atoms with Crippen LogP contribution in [0.25, 0.3) is 0 Å². The molecule has 1 aliphatic carbocycles. The van der Waals surface area contributed by atoms with Crippen molar-refractivity contribution >= 4 is 0 Å². The molecule has 1 unspecified atom stereocenters. The van der Waals surface area contributed by atoms with Crippen molar-refractivity contribution < 1.29 is 0 Å². The fourth-order valence-electron chi connectivity index (χ4n) is 3.28. The zero-order valence-electron chi connectivity index (χ0n) is 12.4. The van der Waals surface area contributed by atoms with Crippen LogP contribution in [0, 0.1) is 0 Å². The average molecular weight is 260 g/mol. The van der Waals surface area contributed by atoms with Gasteiger partial charge < -0.3 is 5.73 Å². The van der Waals surface area contributed by atoms with Crippen LogP contribution in [0.4, 0.5) is 0 Å². The molecule has 1 aliphatic rings. The number of nitrogens with zero attached hydrogens (tertiary/aromatic N) is 1. The molecule has 106 valence electrons. The molecule has 1 atom stereocenters. The van der Waals surface area contributed by atoms with Crippen LogP contribution in [-0.2, 0) is 5.54 Å². The summed E-state index contributed by atoms with van der Waals surface area (Å²) in [5, 5.41) is 0. The molecule has 0 aromatic heterocycles. The molecular formula is C17H28N2. The van der Waals surface area contributed by atoms with Crippen LogP contribution in [0.5, 0.6) is 0 Å². The van der Waals surface area contributed by atoms with Crippen LogP contribution >= 0.6 is 0 Å². The topological polar surface area (TPSA) is 29.3 Å². The molecule has 1 aromatic carbocycles. The van der Waals surface area contributed by atoms with Crippen molar-refractivity contribution in [2.45, 2.75) is 57.5 Å². The highest BCUT2D eigenvalue weighted by atomic mass is 15.2. The number of nitrogens with two attached hydrogens (primary N) is 1. The van der Waals surface area contributed by atoms with Crippen LogP contribution in [-0.4, -0.2) is 24.0 Å². The van der Waals surface area contributed by atoms with Gasteiger partial charge >= 0.3 is 0 Å². The van der Waals surface area contributed by atoms with Crippen LogP contribution in [0.15, 0.2) is 30.3 Å². The maximum Gasteiger partial charge on any atom is 0.0510 e. The Hall–Kier alpha value is -0.860. The molecule has 0 spiro atoms. The number of hydrogen-bond acceptors (Lipinski definition) is 2. The summed E-state index contributed by atoms with van der Waals surface area (Å²) >= 11 is 0. The lowest BCUT2D eigenvalue weighted by molar-refractivity contribution is 0.132. The standard InChI is InChI=1S/C17H28N2/c1-3-19(16-12-8-5-9-13-16)14-17(2,18)15-10-6-4-7-11-15/h4,6-7,10-11,16H,3,5,8-9,12-14,18H2,1-2H3. The van der Waals surface area contributed by atoms with E-state index in [1.165, 1.54) is 37.7 Å². The summed E-state index contributed by atoms with van der Waals surface area (Å²) in [6, 6.07) is 11.3. The quantitative estimate of drug-likeness (QED) is 0.877. The Bertz CT molecular complexity index is 366. The zero-order valence-corrected chi connectivity index (χ0v) is 12.4. The highest BCUT2D eigenvalue weighted by molar-refractivity contribution is 5.23. The first kappa shape index (κ1) is 14.5. The van der Waals surface area contributed by atoms with E-state index in [1.807, 2.05) is 0 Å². The Balaban J connectivity index is 2.04. The number of hydrogen-bond donors (Lipinski definition) is 1. The highest BCUT2D eigenvalue weighted by Gasteiger charge is 2.28. The van der Waals surface area contributed by atoms with Crippen molar-refractivity contribution in [2.24, 2.45) is 5.73 Å². The summed E-state index contributed by atoms with van der Waals surface area (Å²) in [4.78, 5) is 2.59. The van der Waals surface area contributed by atoms with Gasteiger partial charge in [0.1, 0.15) is 0 Å². The molecule has 2 heteroatoms.